The maximum absolute atomic E-state index is 13.2. The van der Waals surface area contributed by atoms with Gasteiger partial charge in [-0.1, -0.05) is 15.9 Å². The Kier molecular flexibility index (Phi) is 7.62. The highest BCUT2D eigenvalue weighted by atomic mass is 79.9. The number of carbonyl (C=O) groups excluding carboxylic acids is 1. The van der Waals surface area contributed by atoms with Gasteiger partial charge in [-0.05, 0) is 84.9 Å². The minimum atomic E-state index is -0.451. The number of benzene rings is 3. The predicted molar refractivity (Wildman–Crippen MR) is 138 cm³/mol. The quantitative estimate of drug-likeness (QED) is 0.184. The molecule has 1 saturated heterocycles. The van der Waals surface area contributed by atoms with E-state index in [1.165, 1.54) is 36.0 Å². The molecule has 0 unspecified atom stereocenters. The molecule has 35 heavy (non-hydrogen) atoms. The first-order valence-corrected chi connectivity index (χ1v) is 12.2. The van der Waals surface area contributed by atoms with Crippen molar-refractivity contribution in [3.63, 3.8) is 0 Å². The summed E-state index contributed by atoms with van der Waals surface area (Å²) in [5.41, 5.74) is 2.03. The smallest absolute Gasteiger partial charge is 0.269 e. The van der Waals surface area contributed by atoms with Crippen molar-refractivity contribution in [3.8, 4) is 5.75 Å². The topological polar surface area (TPSA) is 85.0 Å². The number of hydrogen-bond acceptors (Lipinski definition) is 6. The molecule has 178 valence electrons. The number of amidine groups is 1. The Labute approximate surface area is 213 Å². The van der Waals surface area contributed by atoms with Crippen LogP contribution in [0.25, 0.3) is 6.08 Å². The zero-order valence-electron chi connectivity index (χ0n) is 18.5. The van der Waals surface area contributed by atoms with E-state index in [2.05, 4.69) is 20.9 Å². The van der Waals surface area contributed by atoms with E-state index in [0.29, 0.717) is 33.6 Å². The summed E-state index contributed by atoms with van der Waals surface area (Å²) in [7, 11) is 0. The van der Waals surface area contributed by atoms with E-state index < -0.39 is 4.92 Å². The molecule has 1 aliphatic heterocycles. The maximum atomic E-state index is 13.2. The average Bonchev–Trinajstić information content (AvgIpc) is 3.13. The minimum Gasteiger partial charge on any atom is -0.488 e. The Morgan fingerprint density at radius 2 is 1.86 bits per heavy atom. The van der Waals surface area contributed by atoms with Gasteiger partial charge in [-0.2, -0.15) is 0 Å². The summed E-state index contributed by atoms with van der Waals surface area (Å²) >= 11 is 4.70. The molecule has 3 aromatic carbocycles. The third-order valence-electron chi connectivity index (χ3n) is 5.06. The van der Waals surface area contributed by atoms with Gasteiger partial charge in [0.2, 0.25) is 0 Å². The van der Waals surface area contributed by atoms with Gasteiger partial charge in [0.1, 0.15) is 18.2 Å². The van der Waals surface area contributed by atoms with Crippen LogP contribution in [-0.4, -0.2) is 27.4 Å². The molecule has 0 atom stereocenters. The molecule has 0 bridgehead atoms. The number of hydrogen-bond donors (Lipinski definition) is 0. The van der Waals surface area contributed by atoms with Gasteiger partial charge in [0.15, 0.2) is 5.17 Å². The van der Waals surface area contributed by atoms with Crippen LogP contribution in [0.3, 0.4) is 0 Å². The lowest BCUT2D eigenvalue weighted by molar-refractivity contribution is -0.384. The largest absolute Gasteiger partial charge is 0.488 e. The van der Waals surface area contributed by atoms with Crippen LogP contribution in [0.4, 0.5) is 15.8 Å². The number of nitro groups is 1. The van der Waals surface area contributed by atoms with E-state index in [0.717, 1.165) is 10.0 Å². The van der Waals surface area contributed by atoms with Gasteiger partial charge < -0.3 is 4.74 Å². The van der Waals surface area contributed by atoms with Crippen molar-refractivity contribution in [2.24, 2.45) is 4.99 Å². The number of nitrogens with zero attached hydrogens (tertiary/aromatic N) is 3. The summed E-state index contributed by atoms with van der Waals surface area (Å²) in [4.78, 5) is 30.0. The SMILES string of the molecule is CCN1C(=O)/C(=C\c2cc(Br)ccc2OCc2ccc([N+](=O)[O-])cc2)SC1=Nc1ccc(F)cc1. The van der Waals surface area contributed by atoms with Crippen LogP contribution in [0.2, 0.25) is 0 Å². The van der Waals surface area contributed by atoms with Crippen molar-refractivity contribution >= 4 is 56.2 Å². The van der Waals surface area contributed by atoms with Crippen LogP contribution in [0, 0.1) is 15.9 Å². The molecule has 1 aliphatic rings. The van der Waals surface area contributed by atoms with E-state index in [1.807, 2.05) is 19.1 Å². The number of carbonyl (C=O) groups is 1. The average molecular weight is 556 g/mol. The zero-order valence-corrected chi connectivity index (χ0v) is 20.9. The molecule has 1 amide bonds. The molecular weight excluding hydrogens is 537 g/mol. The lowest BCUT2D eigenvalue weighted by Gasteiger charge is -2.12. The van der Waals surface area contributed by atoms with Crippen molar-refractivity contribution in [2.45, 2.75) is 13.5 Å². The van der Waals surface area contributed by atoms with Crippen LogP contribution in [0.1, 0.15) is 18.1 Å². The first-order valence-electron chi connectivity index (χ1n) is 10.6. The van der Waals surface area contributed by atoms with Crippen LogP contribution in [0.15, 0.2) is 81.1 Å². The molecule has 7 nitrogen and oxygen atoms in total. The molecule has 0 aromatic heterocycles. The third-order valence-corrected chi connectivity index (χ3v) is 6.56. The highest BCUT2D eigenvalue weighted by Gasteiger charge is 2.32. The molecule has 0 spiro atoms. The number of likely N-dealkylation sites (N-methyl/N-ethyl adjacent to an activating group) is 1. The number of halogens is 2. The molecule has 0 radical (unpaired) electrons. The lowest BCUT2D eigenvalue weighted by Crippen LogP contribution is -2.28. The van der Waals surface area contributed by atoms with Gasteiger partial charge in [-0.15, -0.1) is 0 Å². The number of nitro benzene ring substituents is 1. The first kappa shape index (κ1) is 24.6. The van der Waals surface area contributed by atoms with E-state index >= 15 is 0 Å². The lowest BCUT2D eigenvalue weighted by atomic mass is 10.1. The normalized spacial score (nSPS) is 15.7. The fourth-order valence-corrected chi connectivity index (χ4v) is 4.71. The summed E-state index contributed by atoms with van der Waals surface area (Å²) < 4.78 is 20.0. The molecule has 0 aliphatic carbocycles. The van der Waals surface area contributed by atoms with Crippen molar-refractivity contribution in [2.75, 3.05) is 6.54 Å². The first-order chi connectivity index (χ1) is 16.8. The van der Waals surface area contributed by atoms with E-state index in [-0.39, 0.29) is 24.0 Å². The van der Waals surface area contributed by atoms with Gasteiger partial charge in [0.05, 0.1) is 15.5 Å². The molecule has 10 heteroatoms. The fraction of sp³-hybridized carbons (Fsp3) is 0.120. The highest BCUT2D eigenvalue weighted by Crippen LogP contribution is 2.36. The Morgan fingerprint density at radius 3 is 2.51 bits per heavy atom. The maximum Gasteiger partial charge on any atom is 0.269 e. The summed E-state index contributed by atoms with van der Waals surface area (Å²) in [6, 6.07) is 17.4. The van der Waals surface area contributed by atoms with Crippen LogP contribution in [0.5, 0.6) is 5.75 Å². The van der Waals surface area contributed by atoms with Gasteiger partial charge in [0.25, 0.3) is 11.6 Å². The molecule has 0 N–H and O–H groups in total. The summed E-state index contributed by atoms with van der Waals surface area (Å²) in [6.45, 7) is 2.50. The highest BCUT2D eigenvalue weighted by molar-refractivity contribution is 9.10. The van der Waals surface area contributed by atoms with Crippen LogP contribution in [-0.2, 0) is 11.4 Å². The second kappa shape index (κ2) is 10.8. The van der Waals surface area contributed by atoms with E-state index in [4.69, 9.17) is 4.74 Å². The zero-order chi connectivity index (χ0) is 24.9. The monoisotopic (exact) mass is 555 g/mol. The molecular formula is C25H19BrFN3O4S. The Bertz CT molecular complexity index is 1330. The summed E-state index contributed by atoms with van der Waals surface area (Å²) in [5, 5.41) is 11.4. The minimum absolute atomic E-state index is 0.0122. The van der Waals surface area contributed by atoms with Crippen molar-refractivity contribution < 1.29 is 18.8 Å². The van der Waals surface area contributed by atoms with Gasteiger partial charge in [0, 0.05) is 28.7 Å². The van der Waals surface area contributed by atoms with E-state index in [1.54, 1.807) is 41.3 Å². The van der Waals surface area contributed by atoms with Crippen molar-refractivity contribution in [1.82, 2.24) is 4.90 Å². The Morgan fingerprint density at radius 1 is 1.14 bits per heavy atom. The molecule has 1 heterocycles. The molecule has 1 fully saturated rings. The van der Waals surface area contributed by atoms with Crippen molar-refractivity contribution in [3.05, 3.63) is 103 Å². The predicted octanol–water partition coefficient (Wildman–Crippen LogP) is 6.70. The van der Waals surface area contributed by atoms with Gasteiger partial charge in [-0.3, -0.25) is 19.8 Å². The fourth-order valence-electron chi connectivity index (χ4n) is 3.28. The standard InChI is InChI=1S/C25H19BrFN3O4S/c1-2-29-24(31)23(35-25(29)28-20-8-6-19(27)7-9-20)14-17-13-18(26)5-12-22(17)34-15-16-3-10-21(11-4-16)30(32)33/h3-14H,2,15H2,1H3/b23-14+,28-25?. The number of amides is 1. The molecule has 3 aromatic rings. The van der Waals surface area contributed by atoms with Crippen LogP contribution < -0.4 is 4.74 Å². The van der Waals surface area contributed by atoms with Gasteiger partial charge >= 0.3 is 0 Å². The molecule has 4 rings (SSSR count). The second-order valence-electron chi connectivity index (χ2n) is 7.43. The number of thioether (sulfide) groups is 1. The van der Waals surface area contributed by atoms with Gasteiger partial charge in [-0.25, -0.2) is 9.38 Å². The van der Waals surface area contributed by atoms with Crippen molar-refractivity contribution in [1.29, 1.82) is 0 Å². The summed E-state index contributed by atoms with van der Waals surface area (Å²) in [5.74, 6) is 0.0204. The van der Waals surface area contributed by atoms with Crippen LogP contribution >= 0.6 is 27.7 Å². The third kappa shape index (κ3) is 5.95. The number of non-ortho nitro benzene ring substituents is 1. The Balaban J connectivity index is 1.58. The summed E-state index contributed by atoms with van der Waals surface area (Å²) in [6.07, 6.45) is 1.75. The number of aliphatic imine (C=N–C) groups is 1. The van der Waals surface area contributed by atoms with E-state index in [9.17, 15) is 19.3 Å². The molecule has 0 saturated carbocycles. The number of rotatable bonds is 7. The number of ether oxygens (including phenoxy) is 1. The second-order valence-corrected chi connectivity index (χ2v) is 9.35. The Hall–Kier alpha value is -3.50.